The lowest BCUT2D eigenvalue weighted by atomic mass is 10.1. The fraction of sp³-hybridized carbons (Fsp3) is 0.286. The zero-order chi connectivity index (χ0) is 17.2. The molecule has 0 radical (unpaired) electrons. The Bertz CT molecular complexity index is 887. The van der Waals surface area contributed by atoms with Crippen molar-refractivity contribution in [1.82, 2.24) is 9.58 Å². The molecule has 0 unspecified atom stereocenters. The molecule has 2 aromatic carbocycles. The summed E-state index contributed by atoms with van der Waals surface area (Å²) in [4.78, 5) is 1.58. The molecule has 0 atom stereocenters. The quantitative estimate of drug-likeness (QED) is 0.729. The van der Waals surface area contributed by atoms with Crippen molar-refractivity contribution >= 4 is 17.1 Å². The first-order valence-corrected chi connectivity index (χ1v) is 8.97. The average molecular weight is 333 g/mol. The predicted octanol–water partition coefficient (Wildman–Crippen LogP) is 2.01. The molecule has 1 fully saturated rings. The highest BCUT2D eigenvalue weighted by molar-refractivity contribution is 6.06. The van der Waals surface area contributed by atoms with Crippen LogP contribution in [-0.4, -0.2) is 49.0 Å². The van der Waals surface area contributed by atoms with Crippen LogP contribution in [0.4, 0.5) is 0 Å². The van der Waals surface area contributed by atoms with E-state index in [9.17, 15) is 0 Å². The third-order valence-electron chi connectivity index (χ3n) is 5.14. The Morgan fingerprint density at radius 3 is 2.40 bits per heavy atom. The summed E-state index contributed by atoms with van der Waals surface area (Å²) in [5.74, 6) is 0. The Hall–Kier alpha value is -2.59. The van der Waals surface area contributed by atoms with Gasteiger partial charge in [0.1, 0.15) is 0 Å². The number of fused-ring (bicyclic) bond motifs is 1. The lowest BCUT2D eigenvalue weighted by molar-refractivity contribution is -0.884. The molecule has 0 saturated carbocycles. The number of piperazine rings is 1. The zero-order valence-electron chi connectivity index (χ0n) is 14.9. The minimum atomic E-state index is 1.02. The van der Waals surface area contributed by atoms with Gasteiger partial charge in [0.2, 0.25) is 0 Å². The summed E-state index contributed by atoms with van der Waals surface area (Å²) in [5, 5.41) is 8.27. The van der Waals surface area contributed by atoms with Gasteiger partial charge in [-0.25, -0.2) is 0 Å². The average Bonchev–Trinajstić information content (AvgIpc) is 2.94. The van der Waals surface area contributed by atoms with Gasteiger partial charge in [0.25, 0.3) is 0 Å². The second kappa shape index (κ2) is 6.73. The largest absolute Gasteiger partial charge is 0.343 e. The predicted molar refractivity (Wildman–Crippen MR) is 104 cm³/mol. The molecule has 4 heteroatoms. The maximum atomic E-state index is 4.82. The molecule has 4 nitrogen and oxygen atoms in total. The van der Waals surface area contributed by atoms with Crippen molar-refractivity contribution in [2.24, 2.45) is 12.1 Å². The van der Waals surface area contributed by atoms with Crippen molar-refractivity contribution in [3.63, 3.8) is 0 Å². The molecule has 3 aromatic rings. The molecule has 128 valence electrons. The molecule has 0 amide bonds. The number of aromatic nitrogens is 1. The van der Waals surface area contributed by atoms with Crippen LogP contribution in [0.1, 0.15) is 5.56 Å². The first kappa shape index (κ1) is 15.9. The molecule has 2 heterocycles. The maximum Gasteiger partial charge on any atom is 0.0964 e. The van der Waals surface area contributed by atoms with Crippen LogP contribution in [0.2, 0.25) is 0 Å². The minimum Gasteiger partial charge on any atom is -0.343 e. The smallest absolute Gasteiger partial charge is 0.0964 e. The van der Waals surface area contributed by atoms with E-state index in [2.05, 4.69) is 84.5 Å². The SMILES string of the molecule is Cn1c(-c2ccccc2)c(/C=N\N2CC[NH+](C)CC2)c2ccccc21. The van der Waals surface area contributed by atoms with Crippen LogP contribution in [0, 0.1) is 0 Å². The number of rotatable bonds is 3. The number of benzene rings is 2. The van der Waals surface area contributed by atoms with E-state index >= 15 is 0 Å². The van der Waals surface area contributed by atoms with E-state index in [0.717, 1.165) is 26.2 Å². The first-order valence-electron chi connectivity index (χ1n) is 8.97. The van der Waals surface area contributed by atoms with Crippen LogP contribution in [0.25, 0.3) is 22.2 Å². The molecule has 0 spiro atoms. The summed E-state index contributed by atoms with van der Waals surface area (Å²) in [7, 11) is 4.39. The summed E-state index contributed by atoms with van der Waals surface area (Å²) in [6.07, 6.45) is 2.06. The number of nitrogens with zero attached hydrogens (tertiary/aromatic N) is 3. The van der Waals surface area contributed by atoms with Crippen LogP contribution in [0.5, 0.6) is 0 Å². The van der Waals surface area contributed by atoms with Gasteiger partial charge in [-0.15, -0.1) is 0 Å². The van der Waals surface area contributed by atoms with Gasteiger partial charge >= 0.3 is 0 Å². The van der Waals surface area contributed by atoms with Gasteiger partial charge in [-0.2, -0.15) is 5.10 Å². The van der Waals surface area contributed by atoms with E-state index in [1.165, 1.54) is 27.7 Å². The number of para-hydroxylation sites is 1. The van der Waals surface area contributed by atoms with Crippen LogP contribution in [-0.2, 0) is 7.05 Å². The standard InChI is InChI=1S/C21H24N4/c1-23-12-14-25(15-13-23)22-16-19-18-10-6-7-11-20(18)24(2)21(19)17-8-4-3-5-9-17/h3-11,16H,12-15H2,1-2H3/p+1/b22-16-. The Labute approximate surface area is 149 Å². The lowest BCUT2D eigenvalue weighted by Crippen LogP contribution is -3.11. The van der Waals surface area contributed by atoms with Crippen molar-refractivity contribution in [1.29, 1.82) is 0 Å². The van der Waals surface area contributed by atoms with Gasteiger partial charge in [0, 0.05) is 23.5 Å². The molecule has 0 bridgehead atoms. The van der Waals surface area contributed by atoms with Gasteiger partial charge in [-0.1, -0.05) is 48.5 Å². The van der Waals surface area contributed by atoms with E-state index in [-0.39, 0.29) is 0 Å². The van der Waals surface area contributed by atoms with Crippen molar-refractivity contribution in [2.75, 3.05) is 33.2 Å². The number of quaternary nitrogens is 1. The highest BCUT2D eigenvalue weighted by Crippen LogP contribution is 2.31. The van der Waals surface area contributed by atoms with Crippen LogP contribution >= 0.6 is 0 Å². The van der Waals surface area contributed by atoms with Crippen molar-refractivity contribution in [3.05, 3.63) is 60.2 Å². The summed E-state index contributed by atoms with van der Waals surface area (Å²) in [6, 6.07) is 19.2. The van der Waals surface area contributed by atoms with Crippen LogP contribution < -0.4 is 4.90 Å². The van der Waals surface area contributed by atoms with Crippen molar-refractivity contribution in [3.8, 4) is 11.3 Å². The summed E-state index contributed by atoms with van der Waals surface area (Å²) < 4.78 is 2.28. The van der Waals surface area contributed by atoms with E-state index in [0.29, 0.717) is 0 Å². The fourth-order valence-corrected chi connectivity index (χ4v) is 3.63. The third kappa shape index (κ3) is 3.05. The monoisotopic (exact) mass is 333 g/mol. The molecular weight excluding hydrogens is 308 g/mol. The molecule has 1 saturated heterocycles. The van der Waals surface area contributed by atoms with Gasteiger partial charge in [0.05, 0.1) is 45.1 Å². The molecule has 0 aliphatic carbocycles. The summed E-state index contributed by atoms with van der Waals surface area (Å²) in [5.41, 5.74) is 4.90. The molecule has 1 aliphatic rings. The molecular formula is C21H25N4+. The lowest BCUT2D eigenvalue weighted by Gasteiger charge is -2.27. The van der Waals surface area contributed by atoms with E-state index in [4.69, 9.17) is 5.10 Å². The molecule has 25 heavy (non-hydrogen) atoms. The highest BCUT2D eigenvalue weighted by Gasteiger charge is 2.17. The van der Waals surface area contributed by atoms with Gasteiger partial charge in [0.15, 0.2) is 0 Å². The molecule has 1 aromatic heterocycles. The highest BCUT2D eigenvalue weighted by atomic mass is 15.5. The normalized spacial score (nSPS) is 16.2. The zero-order valence-corrected chi connectivity index (χ0v) is 14.9. The van der Waals surface area contributed by atoms with Gasteiger partial charge < -0.3 is 9.47 Å². The topological polar surface area (TPSA) is 25.0 Å². The number of aryl methyl sites for hydroxylation is 1. The number of nitrogens with one attached hydrogen (secondary N) is 1. The summed E-state index contributed by atoms with van der Waals surface area (Å²) in [6.45, 7) is 4.35. The van der Waals surface area contributed by atoms with Crippen LogP contribution in [0.15, 0.2) is 59.7 Å². The Kier molecular flexibility index (Phi) is 4.28. The summed E-state index contributed by atoms with van der Waals surface area (Å²) >= 11 is 0. The number of hydrogen-bond acceptors (Lipinski definition) is 2. The third-order valence-corrected chi connectivity index (χ3v) is 5.14. The molecule has 4 rings (SSSR count). The number of hydrogen-bond donors (Lipinski definition) is 1. The number of likely N-dealkylation sites (N-methyl/N-ethyl adjacent to an activating group) is 1. The Morgan fingerprint density at radius 1 is 0.960 bits per heavy atom. The van der Waals surface area contributed by atoms with Gasteiger partial charge in [-0.05, 0) is 11.6 Å². The fourth-order valence-electron chi connectivity index (χ4n) is 3.63. The van der Waals surface area contributed by atoms with Crippen molar-refractivity contribution < 1.29 is 4.90 Å². The second-order valence-electron chi connectivity index (χ2n) is 6.86. The van der Waals surface area contributed by atoms with E-state index < -0.39 is 0 Å². The Balaban J connectivity index is 1.79. The molecule has 1 aliphatic heterocycles. The molecule has 1 N–H and O–H groups in total. The Morgan fingerprint density at radius 2 is 1.64 bits per heavy atom. The first-order chi connectivity index (χ1) is 12.2. The van der Waals surface area contributed by atoms with Crippen LogP contribution in [0.3, 0.4) is 0 Å². The van der Waals surface area contributed by atoms with Gasteiger partial charge in [-0.3, -0.25) is 5.01 Å². The van der Waals surface area contributed by atoms with E-state index in [1.807, 2.05) is 0 Å². The number of hydrazone groups is 1. The minimum absolute atomic E-state index is 1.02. The van der Waals surface area contributed by atoms with Crippen molar-refractivity contribution in [2.45, 2.75) is 0 Å². The maximum absolute atomic E-state index is 4.82. The van der Waals surface area contributed by atoms with E-state index in [1.54, 1.807) is 4.90 Å². The second-order valence-corrected chi connectivity index (χ2v) is 6.86.